The number of imidazole rings is 1. The van der Waals surface area contributed by atoms with Crippen molar-refractivity contribution in [2.24, 2.45) is 0 Å². The van der Waals surface area contributed by atoms with Crippen LogP contribution in [0.1, 0.15) is 10.4 Å². The molecule has 1 saturated heterocycles. The lowest BCUT2D eigenvalue weighted by Gasteiger charge is -2.35. The fraction of sp³-hybridized carbons (Fsp3) is 0.200. The maximum Gasteiger partial charge on any atom is 0.255 e. The Kier molecular flexibility index (Phi) is 6.56. The highest BCUT2D eigenvalue weighted by molar-refractivity contribution is 14.1. The van der Waals surface area contributed by atoms with Crippen LogP contribution in [0.5, 0.6) is 0 Å². The van der Waals surface area contributed by atoms with Gasteiger partial charge in [0.2, 0.25) is 5.95 Å². The van der Waals surface area contributed by atoms with Gasteiger partial charge in [0, 0.05) is 42.1 Å². The molecule has 1 fully saturated rings. The predicted molar refractivity (Wildman–Crippen MR) is 118 cm³/mol. The van der Waals surface area contributed by atoms with Crippen molar-refractivity contribution in [1.29, 1.82) is 0 Å². The fourth-order valence-electron chi connectivity index (χ4n) is 3.28. The summed E-state index contributed by atoms with van der Waals surface area (Å²) in [6.45, 7) is 2.52. The first-order valence-corrected chi connectivity index (χ1v) is 9.80. The normalized spacial score (nSPS) is 13.9. The van der Waals surface area contributed by atoms with E-state index in [9.17, 15) is 9.18 Å². The van der Waals surface area contributed by atoms with Crippen molar-refractivity contribution in [1.82, 2.24) is 14.5 Å². The van der Waals surface area contributed by atoms with E-state index in [0.717, 1.165) is 9.13 Å². The lowest BCUT2D eigenvalue weighted by Crippen LogP contribution is -2.49. The van der Waals surface area contributed by atoms with Gasteiger partial charge in [-0.1, -0.05) is 24.3 Å². The van der Waals surface area contributed by atoms with E-state index in [1.807, 2.05) is 29.2 Å². The van der Waals surface area contributed by atoms with Crippen LogP contribution in [0.3, 0.4) is 0 Å². The van der Waals surface area contributed by atoms with Crippen LogP contribution in [0.25, 0.3) is 5.69 Å². The van der Waals surface area contributed by atoms with E-state index >= 15 is 0 Å². The molecule has 8 heteroatoms. The molecule has 0 spiro atoms. The quantitative estimate of drug-likeness (QED) is 0.498. The Labute approximate surface area is 182 Å². The standard InChI is InChI=1S/C20H18FIN4O.ClH/c21-16-6-2-4-8-18(16)26-10-9-23-20(26)25-13-11-24(12-14-25)19(27)15-5-1-3-7-17(15)22;/h1-10H,11-14H2;1H. The van der Waals surface area contributed by atoms with E-state index in [-0.39, 0.29) is 24.1 Å². The molecule has 0 N–H and O–H groups in total. The van der Waals surface area contributed by atoms with Crippen molar-refractivity contribution in [3.8, 4) is 5.69 Å². The van der Waals surface area contributed by atoms with Gasteiger partial charge >= 0.3 is 0 Å². The van der Waals surface area contributed by atoms with Crippen molar-refractivity contribution < 1.29 is 9.18 Å². The Bertz CT molecular complexity index is 972. The molecule has 5 nitrogen and oxygen atoms in total. The van der Waals surface area contributed by atoms with E-state index in [2.05, 4.69) is 32.5 Å². The van der Waals surface area contributed by atoms with Crippen LogP contribution in [0.2, 0.25) is 0 Å². The second-order valence-corrected chi connectivity index (χ2v) is 7.47. The highest BCUT2D eigenvalue weighted by Gasteiger charge is 2.25. The van der Waals surface area contributed by atoms with Crippen LogP contribution in [0.4, 0.5) is 10.3 Å². The zero-order chi connectivity index (χ0) is 18.8. The summed E-state index contributed by atoms with van der Waals surface area (Å²) in [5.41, 5.74) is 1.21. The van der Waals surface area contributed by atoms with Crippen LogP contribution in [-0.2, 0) is 0 Å². The molecule has 0 saturated carbocycles. The third-order valence-corrected chi connectivity index (χ3v) is 5.63. The predicted octanol–water partition coefficient (Wildman–Crippen LogP) is 4.00. The summed E-state index contributed by atoms with van der Waals surface area (Å²) in [4.78, 5) is 21.2. The number of carbonyl (C=O) groups is 1. The van der Waals surface area contributed by atoms with Crippen molar-refractivity contribution >= 4 is 46.9 Å². The van der Waals surface area contributed by atoms with E-state index in [1.165, 1.54) is 6.07 Å². The highest BCUT2D eigenvalue weighted by atomic mass is 127. The summed E-state index contributed by atoms with van der Waals surface area (Å²) in [6, 6.07) is 14.3. The third kappa shape index (κ3) is 4.00. The maximum absolute atomic E-state index is 14.2. The highest BCUT2D eigenvalue weighted by Crippen LogP contribution is 2.22. The van der Waals surface area contributed by atoms with Crippen molar-refractivity contribution in [3.63, 3.8) is 0 Å². The average molecular weight is 513 g/mol. The van der Waals surface area contributed by atoms with Gasteiger partial charge in [0.25, 0.3) is 5.91 Å². The molecule has 1 aliphatic heterocycles. The topological polar surface area (TPSA) is 41.4 Å². The zero-order valence-corrected chi connectivity index (χ0v) is 17.9. The second-order valence-electron chi connectivity index (χ2n) is 6.31. The van der Waals surface area contributed by atoms with E-state index < -0.39 is 0 Å². The molecule has 4 rings (SSSR count). The molecule has 1 aliphatic rings. The van der Waals surface area contributed by atoms with Crippen LogP contribution < -0.4 is 4.90 Å². The Morgan fingerprint density at radius 3 is 2.39 bits per heavy atom. The first-order valence-electron chi connectivity index (χ1n) is 8.72. The molecule has 0 unspecified atom stereocenters. The molecule has 1 aromatic heterocycles. The van der Waals surface area contributed by atoms with Gasteiger partial charge in [-0.3, -0.25) is 9.36 Å². The van der Waals surface area contributed by atoms with Crippen LogP contribution in [0.15, 0.2) is 60.9 Å². The van der Waals surface area contributed by atoms with Gasteiger partial charge in [-0.05, 0) is 46.9 Å². The lowest BCUT2D eigenvalue weighted by molar-refractivity contribution is 0.0745. The van der Waals surface area contributed by atoms with Crippen LogP contribution in [-0.4, -0.2) is 46.5 Å². The largest absolute Gasteiger partial charge is 0.338 e. The number of rotatable bonds is 3. The SMILES string of the molecule is Cl.O=C(c1ccccc1I)N1CCN(c2nccn2-c2ccccc2F)CC1. The van der Waals surface area contributed by atoms with Crippen LogP contribution >= 0.6 is 35.0 Å². The number of halogens is 3. The van der Waals surface area contributed by atoms with Crippen LogP contribution in [0, 0.1) is 9.39 Å². The minimum atomic E-state index is -0.288. The number of nitrogens with zero attached hydrogens (tertiary/aromatic N) is 4. The number of carbonyl (C=O) groups excluding carboxylic acids is 1. The van der Waals surface area contributed by atoms with Gasteiger partial charge in [-0.25, -0.2) is 9.37 Å². The van der Waals surface area contributed by atoms with Gasteiger partial charge in [0.1, 0.15) is 5.82 Å². The molecule has 0 bridgehead atoms. The minimum absolute atomic E-state index is 0. The number of hydrogen-bond acceptors (Lipinski definition) is 3. The molecule has 0 aliphatic carbocycles. The molecule has 0 atom stereocenters. The molecule has 0 radical (unpaired) electrons. The van der Waals surface area contributed by atoms with Gasteiger partial charge in [0.15, 0.2) is 0 Å². The maximum atomic E-state index is 14.2. The van der Waals surface area contributed by atoms with Crippen molar-refractivity contribution in [2.75, 3.05) is 31.1 Å². The monoisotopic (exact) mass is 512 g/mol. The zero-order valence-electron chi connectivity index (χ0n) is 15.0. The molecule has 28 heavy (non-hydrogen) atoms. The van der Waals surface area contributed by atoms with Gasteiger partial charge < -0.3 is 9.80 Å². The first-order chi connectivity index (χ1) is 13.1. The number of benzene rings is 2. The summed E-state index contributed by atoms with van der Waals surface area (Å²) in [6.07, 6.45) is 3.43. The Morgan fingerprint density at radius 1 is 1.00 bits per heavy atom. The van der Waals surface area contributed by atoms with E-state index in [4.69, 9.17) is 0 Å². The van der Waals surface area contributed by atoms with Gasteiger partial charge in [-0.15, -0.1) is 12.4 Å². The average Bonchev–Trinajstić information content (AvgIpc) is 3.18. The number of aromatic nitrogens is 2. The third-order valence-electron chi connectivity index (χ3n) is 4.69. The van der Waals surface area contributed by atoms with Crippen molar-refractivity contribution in [2.45, 2.75) is 0 Å². The number of piperazine rings is 1. The fourth-order valence-corrected chi connectivity index (χ4v) is 3.90. The summed E-state index contributed by atoms with van der Waals surface area (Å²) in [5, 5.41) is 0. The Morgan fingerprint density at radius 2 is 1.68 bits per heavy atom. The molecular formula is C20H19ClFIN4O. The van der Waals surface area contributed by atoms with Gasteiger partial charge in [-0.2, -0.15) is 0 Å². The first kappa shape index (κ1) is 20.6. The molecular weight excluding hydrogens is 494 g/mol. The summed E-state index contributed by atoms with van der Waals surface area (Å²) in [5.74, 6) is 0.461. The lowest BCUT2D eigenvalue weighted by atomic mass is 10.2. The Hall–Kier alpha value is -2.13. The Balaban J connectivity index is 0.00000225. The summed E-state index contributed by atoms with van der Waals surface area (Å²) < 4.78 is 16.9. The summed E-state index contributed by atoms with van der Waals surface area (Å²) >= 11 is 2.19. The molecule has 146 valence electrons. The van der Waals surface area contributed by atoms with E-state index in [0.29, 0.717) is 37.8 Å². The molecule has 3 aromatic rings. The van der Waals surface area contributed by atoms with E-state index in [1.54, 1.807) is 35.2 Å². The second kappa shape index (κ2) is 8.91. The number of amides is 1. The van der Waals surface area contributed by atoms with Crippen molar-refractivity contribution in [3.05, 3.63) is 75.9 Å². The smallest absolute Gasteiger partial charge is 0.255 e. The molecule has 2 heterocycles. The summed E-state index contributed by atoms with van der Waals surface area (Å²) in [7, 11) is 0. The number of anilines is 1. The number of para-hydroxylation sites is 1. The molecule has 1 amide bonds. The minimum Gasteiger partial charge on any atom is -0.338 e. The number of hydrogen-bond donors (Lipinski definition) is 0. The molecule has 2 aromatic carbocycles. The van der Waals surface area contributed by atoms with Gasteiger partial charge in [0.05, 0.1) is 11.3 Å².